The van der Waals surface area contributed by atoms with Gasteiger partial charge in [0.1, 0.15) is 23.3 Å². The van der Waals surface area contributed by atoms with E-state index in [9.17, 15) is 9.90 Å². The van der Waals surface area contributed by atoms with Gasteiger partial charge >= 0.3 is 0 Å². The fourth-order valence-corrected chi connectivity index (χ4v) is 4.72. The lowest BCUT2D eigenvalue weighted by molar-refractivity contribution is -0.118. The number of ketones is 1. The lowest BCUT2D eigenvalue weighted by Crippen LogP contribution is -2.36. The van der Waals surface area contributed by atoms with E-state index in [2.05, 4.69) is 0 Å². The van der Waals surface area contributed by atoms with Gasteiger partial charge in [0, 0.05) is 32.1 Å². The molecule has 31 heavy (non-hydrogen) atoms. The van der Waals surface area contributed by atoms with Crippen LogP contribution in [0.15, 0.2) is 42.2 Å². The van der Waals surface area contributed by atoms with Gasteiger partial charge in [0.15, 0.2) is 5.78 Å². The van der Waals surface area contributed by atoms with Crippen molar-refractivity contribution in [2.24, 2.45) is 5.41 Å². The van der Waals surface area contributed by atoms with Crippen molar-refractivity contribution in [3.8, 4) is 17.6 Å². The number of hydrogen-bond acceptors (Lipinski definition) is 5. The molecule has 1 N–H and O–H groups in total. The highest BCUT2D eigenvalue weighted by Gasteiger charge is 2.41. The lowest BCUT2D eigenvalue weighted by Gasteiger charge is -2.39. The molecular formula is C25H24ClNO4. The second-order valence-corrected chi connectivity index (χ2v) is 8.65. The quantitative estimate of drug-likeness (QED) is 0.634. The summed E-state index contributed by atoms with van der Waals surface area (Å²) < 4.78 is 11.4. The molecule has 2 aliphatic rings. The molecule has 0 unspecified atom stereocenters. The highest BCUT2D eigenvalue weighted by molar-refractivity contribution is 6.31. The summed E-state index contributed by atoms with van der Waals surface area (Å²) in [5.41, 5.74) is 2.27. The number of aryl methyl sites for hydroxylation is 1. The van der Waals surface area contributed by atoms with Crippen molar-refractivity contribution in [2.45, 2.75) is 39.0 Å². The summed E-state index contributed by atoms with van der Waals surface area (Å²) >= 11 is 6.11. The summed E-state index contributed by atoms with van der Waals surface area (Å²) in [6, 6.07) is 12.4. The minimum Gasteiger partial charge on any atom is -0.512 e. The summed E-state index contributed by atoms with van der Waals surface area (Å²) in [4.78, 5) is 13.2. The van der Waals surface area contributed by atoms with Gasteiger partial charge in [-0.05, 0) is 60.1 Å². The van der Waals surface area contributed by atoms with Crippen LogP contribution in [0.4, 0.5) is 0 Å². The number of aliphatic hydroxyl groups is 1. The van der Waals surface area contributed by atoms with Crippen LogP contribution in [0.2, 0.25) is 5.02 Å². The first kappa shape index (κ1) is 21.4. The Kier molecular flexibility index (Phi) is 6.04. The standard InChI is InChI=1S/C25H24ClNO4/c1-2-16-3-5-18(31-19-6-4-17(15-27)21(26)12-19)11-20(16)24-22(28)13-25(14-23(24)29)7-9-30-10-8-25/h3-6,11-12,28H,2,7-10,13-14H2,1H3. The molecule has 1 fully saturated rings. The van der Waals surface area contributed by atoms with E-state index in [0.717, 1.165) is 24.8 Å². The maximum Gasteiger partial charge on any atom is 0.167 e. The van der Waals surface area contributed by atoms with Crippen LogP contribution in [-0.4, -0.2) is 24.1 Å². The molecule has 1 aliphatic carbocycles. The Hall–Kier alpha value is -2.81. The van der Waals surface area contributed by atoms with Crippen LogP contribution in [0.5, 0.6) is 11.5 Å². The van der Waals surface area contributed by atoms with Gasteiger partial charge in [0.2, 0.25) is 0 Å². The number of carbonyl (C=O) groups is 1. The number of aliphatic hydroxyl groups excluding tert-OH is 1. The minimum absolute atomic E-state index is 0.0288. The fraction of sp³-hybridized carbons (Fsp3) is 0.360. The van der Waals surface area contributed by atoms with E-state index in [4.69, 9.17) is 26.3 Å². The molecule has 5 nitrogen and oxygen atoms in total. The molecule has 0 radical (unpaired) electrons. The number of benzene rings is 2. The number of nitriles is 1. The third kappa shape index (κ3) is 4.32. The van der Waals surface area contributed by atoms with E-state index in [1.54, 1.807) is 24.3 Å². The van der Waals surface area contributed by atoms with E-state index in [0.29, 0.717) is 59.3 Å². The molecule has 2 aromatic carbocycles. The van der Waals surface area contributed by atoms with Crippen LogP contribution in [0, 0.1) is 16.7 Å². The predicted octanol–water partition coefficient (Wildman–Crippen LogP) is 6.00. The Morgan fingerprint density at radius 2 is 1.87 bits per heavy atom. The zero-order chi connectivity index (χ0) is 22.0. The van der Waals surface area contributed by atoms with Gasteiger partial charge < -0.3 is 14.6 Å². The molecular weight excluding hydrogens is 414 g/mol. The second-order valence-electron chi connectivity index (χ2n) is 8.24. The van der Waals surface area contributed by atoms with Crippen molar-refractivity contribution >= 4 is 23.0 Å². The van der Waals surface area contributed by atoms with E-state index in [1.807, 2.05) is 25.1 Å². The number of carbonyl (C=O) groups excluding carboxylic acids is 1. The first-order valence-corrected chi connectivity index (χ1v) is 10.9. The molecule has 1 saturated heterocycles. The minimum atomic E-state index is -0.192. The molecule has 0 saturated carbocycles. The molecule has 160 valence electrons. The number of ether oxygens (including phenoxy) is 2. The zero-order valence-electron chi connectivity index (χ0n) is 17.4. The summed E-state index contributed by atoms with van der Waals surface area (Å²) in [7, 11) is 0. The van der Waals surface area contributed by atoms with Gasteiger partial charge in [-0.1, -0.05) is 24.6 Å². The van der Waals surface area contributed by atoms with Gasteiger partial charge in [0.25, 0.3) is 0 Å². The van der Waals surface area contributed by atoms with Crippen molar-refractivity contribution in [1.29, 1.82) is 5.26 Å². The smallest absolute Gasteiger partial charge is 0.167 e. The molecule has 0 bridgehead atoms. The Labute approximate surface area is 186 Å². The first-order valence-electron chi connectivity index (χ1n) is 10.5. The average Bonchev–Trinajstić information content (AvgIpc) is 2.74. The number of halogens is 1. The number of rotatable bonds is 4. The van der Waals surface area contributed by atoms with Crippen LogP contribution < -0.4 is 4.74 Å². The highest BCUT2D eigenvalue weighted by Crippen LogP contribution is 2.47. The zero-order valence-corrected chi connectivity index (χ0v) is 18.2. The molecule has 0 amide bonds. The molecule has 0 aromatic heterocycles. The van der Waals surface area contributed by atoms with Crippen LogP contribution >= 0.6 is 11.6 Å². The van der Waals surface area contributed by atoms with Crippen LogP contribution in [0.1, 0.15) is 49.3 Å². The van der Waals surface area contributed by atoms with Crippen LogP contribution in [-0.2, 0) is 16.0 Å². The largest absolute Gasteiger partial charge is 0.512 e. The molecule has 1 aliphatic heterocycles. The maximum atomic E-state index is 13.2. The lowest BCUT2D eigenvalue weighted by atomic mass is 9.67. The SMILES string of the molecule is CCc1ccc(Oc2ccc(C#N)c(Cl)c2)cc1C1=C(O)CC2(CCOCC2)CC1=O. The van der Waals surface area contributed by atoms with Gasteiger partial charge in [-0.15, -0.1) is 0 Å². The average molecular weight is 438 g/mol. The third-order valence-electron chi connectivity index (χ3n) is 6.23. The van der Waals surface area contributed by atoms with Crippen molar-refractivity contribution in [2.75, 3.05) is 13.2 Å². The Morgan fingerprint density at radius 1 is 1.16 bits per heavy atom. The first-order chi connectivity index (χ1) is 14.9. The topological polar surface area (TPSA) is 79.6 Å². The van der Waals surface area contributed by atoms with E-state index in [-0.39, 0.29) is 17.0 Å². The van der Waals surface area contributed by atoms with E-state index >= 15 is 0 Å². The predicted molar refractivity (Wildman–Crippen MR) is 118 cm³/mol. The van der Waals surface area contributed by atoms with Crippen molar-refractivity contribution in [3.63, 3.8) is 0 Å². The van der Waals surface area contributed by atoms with Crippen molar-refractivity contribution in [3.05, 3.63) is 63.9 Å². The molecule has 2 aromatic rings. The maximum absolute atomic E-state index is 13.2. The Bertz CT molecular complexity index is 1090. The van der Waals surface area contributed by atoms with Gasteiger partial charge in [0.05, 0.1) is 16.2 Å². The molecule has 6 heteroatoms. The van der Waals surface area contributed by atoms with Gasteiger partial charge in [-0.3, -0.25) is 4.79 Å². The molecule has 1 spiro atoms. The van der Waals surface area contributed by atoms with Crippen molar-refractivity contribution in [1.82, 2.24) is 0 Å². The molecule has 1 heterocycles. The van der Waals surface area contributed by atoms with Crippen molar-refractivity contribution < 1.29 is 19.4 Å². The van der Waals surface area contributed by atoms with Gasteiger partial charge in [-0.25, -0.2) is 0 Å². The summed E-state index contributed by atoms with van der Waals surface area (Å²) in [5.74, 6) is 1.16. The summed E-state index contributed by atoms with van der Waals surface area (Å²) in [6.07, 6.45) is 3.23. The Balaban J connectivity index is 1.68. The fourth-order valence-electron chi connectivity index (χ4n) is 4.51. The number of allylic oxidation sites excluding steroid dienone is 2. The second kappa shape index (κ2) is 8.74. The summed E-state index contributed by atoms with van der Waals surface area (Å²) in [5, 5.41) is 20.3. The highest BCUT2D eigenvalue weighted by atomic mass is 35.5. The third-order valence-corrected chi connectivity index (χ3v) is 6.54. The molecule has 4 rings (SSSR count). The molecule has 0 atom stereocenters. The summed E-state index contributed by atoms with van der Waals surface area (Å²) in [6.45, 7) is 3.28. The number of hydrogen-bond donors (Lipinski definition) is 1. The Morgan fingerprint density at radius 3 is 2.52 bits per heavy atom. The normalized spacial score (nSPS) is 18.2. The van der Waals surface area contributed by atoms with Crippen LogP contribution in [0.25, 0.3) is 5.57 Å². The van der Waals surface area contributed by atoms with E-state index in [1.165, 1.54) is 0 Å². The van der Waals surface area contributed by atoms with Crippen LogP contribution in [0.3, 0.4) is 0 Å². The van der Waals surface area contributed by atoms with E-state index < -0.39 is 0 Å². The monoisotopic (exact) mass is 437 g/mol. The van der Waals surface area contributed by atoms with Gasteiger partial charge in [-0.2, -0.15) is 5.26 Å². The number of nitrogens with zero attached hydrogens (tertiary/aromatic N) is 1. The number of Topliss-reactive ketones (excluding diaryl/α,β-unsaturated/α-hetero) is 1.